The third kappa shape index (κ3) is 3.30. The molecule has 1 atom stereocenters. The van der Waals surface area contributed by atoms with Crippen LogP contribution in [0.2, 0.25) is 0 Å². The van der Waals surface area contributed by atoms with Gasteiger partial charge in [-0.25, -0.2) is 4.79 Å². The van der Waals surface area contributed by atoms with Gasteiger partial charge in [-0.05, 0) is 25.7 Å². The molecule has 7 heteroatoms. The second-order valence-corrected chi connectivity index (χ2v) is 4.82. The number of likely N-dealkylation sites (tertiary alicyclic amines) is 1. The molecule has 1 aliphatic rings. The number of carbonyl (C=O) groups excluding carboxylic acids is 1. The van der Waals surface area contributed by atoms with Crippen LogP contribution in [0, 0.1) is 0 Å². The maximum Gasteiger partial charge on any atom is 0.358 e. The zero-order valence-electron chi connectivity index (χ0n) is 10.9. The predicted octanol–water partition coefficient (Wildman–Crippen LogP) is 0.767. The van der Waals surface area contributed by atoms with Crippen LogP contribution < -0.4 is 0 Å². The molecule has 1 amide bonds. The predicted molar refractivity (Wildman–Crippen MR) is 66.6 cm³/mol. The van der Waals surface area contributed by atoms with Crippen molar-refractivity contribution in [2.75, 3.05) is 6.54 Å². The molecular weight excluding hydrogens is 248 g/mol. The van der Waals surface area contributed by atoms with Crippen molar-refractivity contribution in [2.24, 2.45) is 0 Å². The van der Waals surface area contributed by atoms with E-state index < -0.39 is 5.97 Å². The fraction of sp³-hybridized carbons (Fsp3) is 0.667. The Morgan fingerprint density at radius 2 is 2.26 bits per heavy atom. The first kappa shape index (κ1) is 13.5. The number of carboxylic acids is 1. The number of rotatable bonds is 4. The lowest BCUT2D eigenvalue weighted by molar-refractivity contribution is -0.132. The lowest BCUT2D eigenvalue weighted by Crippen LogP contribution is -2.43. The minimum absolute atomic E-state index is 0.0490. The van der Waals surface area contributed by atoms with E-state index in [1.54, 1.807) is 6.92 Å². The number of aromatic carboxylic acids is 1. The standard InChI is InChI=1S/C12H18N4O3/c1-9(17)16-6-3-2-4-10(16)5-7-15-8-11(12(18)19)13-14-15/h8,10H,2-7H2,1H3,(H,18,19). The molecule has 0 aromatic carbocycles. The van der Waals surface area contributed by atoms with Crippen LogP contribution in [-0.4, -0.2) is 49.5 Å². The van der Waals surface area contributed by atoms with Crippen LogP contribution in [0.15, 0.2) is 6.20 Å². The Labute approximate surface area is 111 Å². The molecule has 2 rings (SSSR count). The molecule has 1 unspecified atom stereocenters. The second-order valence-electron chi connectivity index (χ2n) is 4.82. The summed E-state index contributed by atoms with van der Waals surface area (Å²) in [5, 5.41) is 16.1. The minimum Gasteiger partial charge on any atom is -0.476 e. The molecule has 1 fully saturated rings. The molecule has 1 aromatic rings. The third-order valence-electron chi connectivity index (χ3n) is 3.48. The summed E-state index contributed by atoms with van der Waals surface area (Å²) in [6, 6.07) is 0.226. The van der Waals surface area contributed by atoms with E-state index in [1.165, 1.54) is 10.9 Å². The molecule has 0 radical (unpaired) electrons. The van der Waals surface area contributed by atoms with Crippen LogP contribution >= 0.6 is 0 Å². The largest absolute Gasteiger partial charge is 0.476 e. The fourth-order valence-electron chi connectivity index (χ4n) is 2.50. The molecule has 1 saturated heterocycles. The first-order valence-corrected chi connectivity index (χ1v) is 6.48. The van der Waals surface area contributed by atoms with Gasteiger partial charge in [0.15, 0.2) is 5.69 Å². The van der Waals surface area contributed by atoms with Gasteiger partial charge in [0.25, 0.3) is 0 Å². The van der Waals surface area contributed by atoms with E-state index in [1.807, 2.05) is 4.90 Å². The summed E-state index contributed by atoms with van der Waals surface area (Å²) in [5.74, 6) is -0.969. The van der Waals surface area contributed by atoms with E-state index in [0.29, 0.717) is 6.54 Å². The van der Waals surface area contributed by atoms with Gasteiger partial charge in [-0.15, -0.1) is 5.10 Å². The average Bonchev–Trinajstić information content (AvgIpc) is 2.85. The van der Waals surface area contributed by atoms with E-state index in [2.05, 4.69) is 10.3 Å². The zero-order valence-corrected chi connectivity index (χ0v) is 10.9. The number of carbonyl (C=O) groups is 2. The molecule has 19 heavy (non-hydrogen) atoms. The Kier molecular flexibility index (Phi) is 4.13. The van der Waals surface area contributed by atoms with Gasteiger partial charge in [0.2, 0.25) is 5.91 Å². The quantitative estimate of drug-likeness (QED) is 0.869. The van der Waals surface area contributed by atoms with Crippen molar-refractivity contribution >= 4 is 11.9 Å². The number of piperidine rings is 1. The summed E-state index contributed by atoms with van der Waals surface area (Å²) in [5.41, 5.74) is -0.0490. The number of nitrogens with zero attached hydrogens (tertiary/aromatic N) is 4. The maximum atomic E-state index is 11.5. The number of aryl methyl sites for hydroxylation is 1. The summed E-state index contributed by atoms with van der Waals surface area (Å²) in [7, 11) is 0. The Bertz CT molecular complexity index is 471. The van der Waals surface area contributed by atoms with Crippen LogP contribution in [0.25, 0.3) is 0 Å². The molecule has 0 spiro atoms. The fourth-order valence-corrected chi connectivity index (χ4v) is 2.50. The van der Waals surface area contributed by atoms with Gasteiger partial charge in [0.05, 0.1) is 6.20 Å². The molecule has 7 nitrogen and oxygen atoms in total. The van der Waals surface area contributed by atoms with Crippen molar-refractivity contribution in [3.05, 3.63) is 11.9 Å². The van der Waals surface area contributed by atoms with Crippen molar-refractivity contribution in [3.63, 3.8) is 0 Å². The second kappa shape index (κ2) is 5.81. The molecule has 2 heterocycles. The van der Waals surface area contributed by atoms with Gasteiger partial charge in [-0.3, -0.25) is 9.48 Å². The highest BCUT2D eigenvalue weighted by Crippen LogP contribution is 2.20. The highest BCUT2D eigenvalue weighted by molar-refractivity contribution is 5.84. The van der Waals surface area contributed by atoms with E-state index >= 15 is 0 Å². The summed E-state index contributed by atoms with van der Waals surface area (Å²) < 4.78 is 1.52. The van der Waals surface area contributed by atoms with Crippen molar-refractivity contribution in [1.29, 1.82) is 0 Å². The SMILES string of the molecule is CC(=O)N1CCCCC1CCn1cc(C(=O)O)nn1. The number of amides is 1. The van der Waals surface area contributed by atoms with Crippen LogP contribution in [0.1, 0.15) is 43.1 Å². The lowest BCUT2D eigenvalue weighted by Gasteiger charge is -2.35. The van der Waals surface area contributed by atoms with Gasteiger partial charge in [-0.2, -0.15) is 0 Å². The summed E-state index contributed by atoms with van der Waals surface area (Å²) in [6.07, 6.45) is 5.39. The smallest absolute Gasteiger partial charge is 0.358 e. The van der Waals surface area contributed by atoms with E-state index in [-0.39, 0.29) is 17.6 Å². The monoisotopic (exact) mass is 266 g/mol. The normalized spacial score (nSPS) is 19.4. The number of hydrogen-bond acceptors (Lipinski definition) is 4. The number of aromatic nitrogens is 3. The molecule has 0 saturated carbocycles. The first-order valence-electron chi connectivity index (χ1n) is 6.48. The number of hydrogen-bond donors (Lipinski definition) is 1. The van der Waals surface area contributed by atoms with Crippen molar-refractivity contribution in [2.45, 2.75) is 45.2 Å². The molecule has 1 N–H and O–H groups in total. The average molecular weight is 266 g/mol. The van der Waals surface area contributed by atoms with Crippen LogP contribution in [0.3, 0.4) is 0 Å². The van der Waals surface area contributed by atoms with Crippen molar-refractivity contribution in [3.8, 4) is 0 Å². The maximum absolute atomic E-state index is 11.5. The van der Waals surface area contributed by atoms with Gasteiger partial charge < -0.3 is 10.0 Å². The van der Waals surface area contributed by atoms with Gasteiger partial charge in [-0.1, -0.05) is 5.21 Å². The Morgan fingerprint density at radius 1 is 1.47 bits per heavy atom. The van der Waals surface area contributed by atoms with Crippen LogP contribution in [0.5, 0.6) is 0 Å². The Morgan fingerprint density at radius 3 is 2.89 bits per heavy atom. The van der Waals surface area contributed by atoms with E-state index in [0.717, 1.165) is 32.2 Å². The van der Waals surface area contributed by atoms with Crippen molar-refractivity contribution in [1.82, 2.24) is 19.9 Å². The van der Waals surface area contributed by atoms with Gasteiger partial charge >= 0.3 is 5.97 Å². The zero-order chi connectivity index (χ0) is 13.8. The lowest BCUT2D eigenvalue weighted by atomic mass is 9.99. The first-order chi connectivity index (χ1) is 9.08. The molecule has 104 valence electrons. The minimum atomic E-state index is -1.07. The molecule has 0 bridgehead atoms. The molecular formula is C12H18N4O3. The van der Waals surface area contributed by atoms with Crippen LogP contribution in [-0.2, 0) is 11.3 Å². The summed E-state index contributed by atoms with van der Waals surface area (Å²) >= 11 is 0. The Hall–Kier alpha value is -1.92. The van der Waals surface area contributed by atoms with Crippen LogP contribution in [0.4, 0.5) is 0 Å². The van der Waals surface area contributed by atoms with E-state index in [9.17, 15) is 9.59 Å². The highest BCUT2D eigenvalue weighted by atomic mass is 16.4. The Balaban J connectivity index is 1.92. The molecule has 1 aliphatic heterocycles. The van der Waals surface area contributed by atoms with Gasteiger partial charge in [0.1, 0.15) is 0 Å². The molecule has 0 aliphatic carbocycles. The van der Waals surface area contributed by atoms with Gasteiger partial charge in [0, 0.05) is 26.1 Å². The molecule has 1 aromatic heterocycles. The summed E-state index contributed by atoms with van der Waals surface area (Å²) in [6.45, 7) is 2.99. The van der Waals surface area contributed by atoms with E-state index in [4.69, 9.17) is 5.11 Å². The third-order valence-corrected chi connectivity index (χ3v) is 3.48. The van der Waals surface area contributed by atoms with Crippen molar-refractivity contribution < 1.29 is 14.7 Å². The highest BCUT2D eigenvalue weighted by Gasteiger charge is 2.24. The topological polar surface area (TPSA) is 88.3 Å². The summed E-state index contributed by atoms with van der Waals surface area (Å²) in [4.78, 5) is 24.1. The number of carboxylic acid groups (broad SMARTS) is 1.